The van der Waals surface area contributed by atoms with Gasteiger partial charge in [0.05, 0.1) is 11.1 Å². The third kappa shape index (κ3) is 6.35. The highest BCUT2D eigenvalue weighted by Crippen LogP contribution is 2.25. The Hall–Kier alpha value is -1.27. The summed E-state index contributed by atoms with van der Waals surface area (Å²) in [6, 6.07) is 5.13. The maximum Gasteiger partial charge on any atom is 0.410 e. The maximum atomic E-state index is 12.2. The van der Waals surface area contributed by atoms with E-state index in [-0.39, 0.29) is 11.8 Å². The molecule has 1 aromatic rings. The number of carbonyl (C=O) groups is 1. The van der Waals surface area contributed by atoms with Crippen molar-refractivity contribution in [3.8, 4) is 5.75 Å². The van der Waals surface area contributed by atoms with Gasteiger partial charge >= 0.3 is 6.09 Å². The first-order valence-electron chi connectivity index (χ1n) is 6.67. The van der Waals surface area contributed by atoms with E-state index in [1.54, 1.807) is 30.2 Å². The number of carbonyl (C=O) groups excluding carboxylic acids is 1. The van der Waals surface area contributed by atoms with Gasteiger partial charge in [-0.3, -0.25) is 0 Å². The van der Waals surface area contributed by atoms with Crippen molar-refractivity contribution in [2.75, 3.05) is 20.3 Å². The fraction of sp³-hybridized carbons (Fsp3) is 0.533. The Bertz CT molecular complexity index is 485. The number of phenols is 1. The summed E-state index contributed by atoms with van der Waals surface area (Å²) in [4.78, 5) is 13.8. The zero-order valence-corrected chi connectivity index (χ0v) is 14.4. The van der Waals surface area contributed by atoms with E-state index in [0.717, 1.165) is 5.56 Å². The van der Waals surface area contributed by atoms with Gasteiger partial charge in [-0.15, -0.1) is 0 Å². The number of ether oxygens (including phenoxy) is 2. The normalized spacial score (nSPS) is 11.3. The Kier molecular flexibility index (Phi) is 6.48. The second kappa shape index (κ2) is 7.66. The summed E-state index contributed by atoms with van der Waals surface area (Å²) in [5, 5.41) is 9.51. The Morgan fingerprint density at radius 3 is 2.57 bits per heavy atom. The van der Waals surface area contributed by atoms with Crippen molar-refractivity contribution < 1.29 is 19.4 Å². The Morgan fingerprint density at radius 1 is 1.38 bits per heavy atom. The van der Waals surface area contributed by atoms with Crippen molar-refractivity contribution >= 4 is 22.0 Å². The zero-order valence-electron chi connectivity index (χ0n) is 12.9. The minimum Gasteiger partial charge on any atom is -0.507 e. The smallest absolute Gasteiger partial charge is 0.410 e. The SMILES string of the molecule is COCCN(Cc1ccc(O)c(Br)c1)C(=O)OC(C)(C)C. The summed E-state index contributed by atoms with van der Waals surface area (Å²) >= 11 is 3.27. The first-order chi connectivity index (χ1) is 9.73. The second-order valence-electron chi connectivity index (χ2n) is 5.68. The highest BCUT2D eigenvalue weighted by atomic mass is 79.9. The molecule has 0 fully saturated rings. The molecule has 21 heavy (non-hydrogen) atoms. The molecule has 0 heterocycles. The predicted octanol–water partition coefficient (Wildman–Crippen LogP) is 3.54. The average molecular weight is 360 g/mol. The van der Waals surface area contributed by atoms with Crippen LogP contribution < -0.4 is 0 Å². The largest absolute Gasteiger partial charge is 0.507 e. The molecule has 6 heteroatoms. The number of amides is 1. The van der Waals surface area contributed by atoms with Gasteiger partial charge in [-0.2, -0.15) is 0 Å². The van der Waals surface area contributed by atoms with Crippen LogP contribution in [-0.4, -0.2) is 42.0 Å². The van der Waals surface area contributed by atoms with E-state index in [1.807, 2.05) is 20.8 Å². The Balaban J connectivity index is 2.81. The molecule has 118 valence electrons. The molecule has 0 aliphatic rings. The predicted molar refractivity (Wildman–Crippen MR) is 84.3 cm³/mol. The number of nitrogens with zero attached hydrogens (tertiary/aromatic N) is 1. The van der Waals surface area contributed by atoms with Crippen LogP contribution in [0.25, 0.3) is 0 Å². The third-order valence-electron chi connectivity index (χ3n) is 2.60. The summed E-state index contributed by atoms with van der Waals surface area (Å²) < 4.78 is 11.0. The van der Waals surface area contributed by atoms with E-state index in [2.05, 4.69) is 15.9 Å². The van der Waals surface area contributed by atoms with Gasteiger partial charge in [0, 0.05) is 20.2 Å². The fourth-order valence-electron chi connectivity index (χ4n) is 1.63. The monoisotopic (exact) mass is 359 g/mol. The number of phenolic OH excluding ortho intramolecular Hbond substituents is 1. The summed E-state index contributed by atoms with van der Waals surface area (Å²) in [5.41, 5.74) is 0.347. The minimum absolute atomic E-state index is 0.166. The van der Waals surface area contributed by atoms with Crippen LogP contribution in [0.15, 0.2) is 22.7 Å². The molecule has 0 aliphatic heterocycles. The number of benzene rings is 1. The number of hydrogen-bond donors (Lipinski definition) is 1. The highest BCUT2D eigenvalue weighted by molar-refractivity contribution is 9.10. The van der Waals surface area contributed by atoms with Crippen LogP contribution >= 0.6 is 15.9 Å². The number of methoxy groups -OCH3 is 1. The standard InChI is InChI=1S/C15H22BrNO4/c1-15(2,3)21-14(19)17(7-8-20-4)10-11-5-6-13(18)12(16)9-11/h5-6,9,18H,7-8,10H2,1-4H3. The van der Waals surface area contributed by atoms with Crippen LogP contribution in [0, 0.1) is 0 Å². The summed E-state index contributed by atoms with van der Waals surface area (Å²) in [5.74, 6) is 0.166. The first-order valence-corrected chi connectivity index (χ1v) is 7.46. The van der Waals surface area contributed by atoms with Crippen molar-refractivity contribution in [3.05, 3.63) is 28.2 Å². The molecule has 0 aliphatic carbocycles. The van der Waals surface area contributed by atoms with Gasteiger partial charge in [0.15, 0.2) is 0 Å². The van der Waals surface area contributed by atoms with Gasteiger partial charge in [-0.25, -0.2) is 4.79 Å². The fourth-order valence-corrected chi connectivity index (χ4v) is 2.06. The molecular formula is C15H22BrNO4. The minimum atomic E-state index is -0.544. The molecule has 1 N–H and O–H groups in total. The van der Waals surface area contributed by atoms with E-state index in [1.165, 1.54) is 0 Å². The quantitative estimate of drug-likeness (QED) is 0.873. The molecular weight excluding hydrogens is 338 g/mol. The van der Waals surface area contributed by atoms with Gasteiger partial charge in [0.2, 0.25) is 0 Å². The molecule has 5 nitrogen and oxygen atoms in total. The van der Waals surface area contributed by atoms with Crippen LogP contribution in [0.2, 0.25) is 0 Å². The van der Waals surface area contributed by atoms with E-state index in [9.17, 15) is 9.90 Å². The van der Waals surface area contributed by atoms with Crippen LogP contribution in [-0.2, 0) is 16.0 Å². The molecule has 0 bridgehead atoms. The third-order valence-corrected chi connectivity index (χ3v) is 3.24. The molecule has 0 spiro atoms. The van der Waals surface area contributed by atoms with E-state index >= 15 is 0 Å². The van der Waals surface area contributed by atoms with Crippen LogP contribution in [0.3, 0.4) is 0 Å². The molecule has 0 unspecified atom stereocenters. The van der Waals surface area contributed by atoms with Crippen molar-refractivity contribution in [1.82, 2.24) is 4.90 Å². The molecule has 0 saturated heterocycles. The van der Waals surface area contributed by atoms with Crippen LogP contribution in [0.4, 0.5) is 4.79 Å². The van der Waals surface area contributed by atoms with Crippen molar-refractivity contribution in [3.63, 3.8) is 0 Å². The van der Waals surface area contributed by atoms with Gasteiger partial charge in [0.25, 0.3) is 0 Å². The Labute approximate surface area is 134 Å². The van der Waals surface area contributed by atoms with E-state index in [0.29, 0.717) is 24.2 Å². The number of aromatic hydroxyl groups is 1. The topological polar surface area (TPSA) is 59.0 Å². The second-order valence-corrected chi connectivity index (χ2v) is 6.53. The lowest BCUT2D eigenvalue weighted by Gasteiger charge is -2.27. The lowest BCUT2D eigenvalue weighted by atomic mass is 10.2. The molecule has 1 aromatic carbocycles. The molecule has 0 atom stereocenters. The van der Waals surface area contributed by atoms with Gasteiger partial charge in [0.1, 0.15) is 11.4 Å². The van der Waals surface area contributed by atoms with Crippen molar-refractivity contribution in [2.45, 2.75) is 32.9 Å². The molecule has 1 rings (SSSR count). The van der Waals surface area contributed by atoms with Crippen LogP contribution in [0.1, 0.15) is 26.3 Å². The van der Waals surface area contributed by atoms with E-state index in [4.69, 9.17) is 9.47 Å². The van der Waals surface area contributed by atoms with Crippen molar-refractivity contribution in [1.29, 1.82) is 0 Å². The number of hydrogen-bond acceptors (Lipinski definition) is 4. The number of halogens is 1. The zero-order chi connectivity index (χ0) is 16.0. The summed E-state index contributed by atoms with van der Waals surface area (Å²) in [6.45, 7) is 6.74. The lowest BCUT2D eigenvalue weighted by Crippen LogP contribution is -2.38. The average Bonchev–Trinajstić information content (AvgIpc) is 2.36. The highest BCUT2D eigenvalue weighted by Gasteiger charge is 2.22. The van der Waals surface area contributed by atoms with Crippen molar-refractivity contribution in [2.24, 2.45) is 0 Å². The molecule has 0 aromatic heterocycles. The van der Waals surface area contributed by atoms with Gasteiger partial charge < -0.3 is 19.5 Å². The Morgan fingerprint density at radius 2 is 2.05 bits per heavy atom. The van der Waals surface area contributed by atoms with Gasteiger partial charge in [-0.05, 0) is 54.4 Å². The summed E-state index contributed by atoms with van der Waals surface area (Å²) in [6.07, 6.45) is -0.385. The lowest BCUT2D eigenvalue weighted by molar-refractivity contribution is 0.0184. The first kappa shape index (κ1) is 17.8. The molecule has 1 amide bonds. The molecule has 0 radical (unpaired) electrons. The molecule has 0 saturated carbocycles. The maximum absolute atomic E-state index is 12.2. The number of rotatable bonds is 5. The van der Waals surface area contributed by atoms with Gasteiger partial charge in [-0.1, -0.05) is 6.07 Å². The van der Waals surface area contributed by atoms with E-state index < -0.39 is 5.60 Å². The summed E-state index contributed by atoms with van der Waals surface area (Å²) in [7, 11) is 1.59. The van der Waals surface area contributed by atoms with Crippen LogP contribution in [0.5, 0.6) is 5.75 Å².